The molecular formula is C33H34F2N4O3. The average Bonchev–Trinajstić information content (AvgIpc) is 3.03. The molecule has 1 amide bonds. The third-order valence-electron chi connectivity index (χ3n) is 7.88. The van der Waals surface area contributed by atoms with Crippen molar-refractivity contribution in [2.75, 3.05) is 80.8 Å². The van der Waals surface area contributed by atoms with Crippen LogP contribution in [0.25, 0.3) is 10.8 Å². The number of anilines is 3. The lowest BCUT2D eigenvalue weighted by molar-refractivity contribution is 0.0323. The number of hydrogen-bond donors (Lipinski definition) is 1. The highest BCUT2D eigenvalue weighted by molar-refractivity contribution is 6.10. The van der Waals surface area contributed by atoms with Gasteiger partial charge in [-0.2, -0.15) is 0 Å². The van der Waals surface area contributed by atoms with Crippen molar-refractivity contribution in [3.05, 3.63) is 96.1 Å². The van der Waals surface area contributed by atoms with Crippen LogP contribution >= 0.6 is 0 Å². The highest BCUT2D eigenvalue weighted by Gasteiger charge is 2.20. The van der Waals surface area contributed by atoms with Crippen molar-refractivity contribution in [1.82, 2.24) is 4.90 Å². The van der Waals surface area contributed by atoms with Crippen molar-refractivity contribution in [3.63, 3.8) is 0 Å². The summed E-state index contributed by atoms with van der Waals surface area (Å²) in [6.45, 7) is 7.40. The Balaban J connectivity index is 1.13. The van der Waals surface area contributed by atoms with Crippen molar-refractivity contribution >= 4 is 33.7 Å². The van der Waals surface area contributed by atoms with Crippen molar-refractivity contribution < 1.29 is 23.0 Å². The molecule has 0 radical (unpaired) electrons. The molecule has 218 valence electrons. The van der Waals surface area contributed by atoms with E-state index in [9.17, 15) is 13.6 Å². The molecule has 4 aromatic rings. The van der Waals surface area contributed by atoms with Gasteiger partial charge in [-0.15, -0.1) is 0 Å². The molecule has 0 atom stereocenters. The quantitative estimate of drug-likeness (QED) is 0.305. The van der Waals surface area contributed by atoms with E-state index in [1.54, 1.807) is 18.2 Å². The van der Waals surface area contributed by atoms with E-state index in [-0.39, 0.29) is 17.3 Å². The summed E-state index contributed by atoms with van der Waals surface area (Å²) in [5, 5.41) is 4.74. The number of nitrogens with one attached hydrogen (secondary N) is 1. The predicted molar refractivity (Wildman–Crippen MR) is 162 cm³/mol. The van der Waals surface area contributed by atoms with Crippen LogP contribution in [0.5, 0.6) is 5.75 Å². The number of ether oxygens (including phenoxy) is 2. The summed E-state index contributed by atoms with van der Waals surface area (Å²) in [5.74, 6) is -0.358. The molecule has 42 heavy (non-hydrogen) atoms. The zero-order valence-electron chi connectivity index (χ0n) is 23.4. The van der Waals surface area contributed by atoms with E-state index in [1.807, 2.05) is 36.4 Å². The van der Waals surface area contributed by atoms with Crippen LogP contribution in [0.15, 0.2) is 78.9 Å². The molecule has 2 fully saturated rings. The third kappa shape index (κ3) is 6.48. The molecular weight excluding hydrogens is 538 g/mol. The second-order valence-electron chi connectivity index (χ2n) is 10.6. The number of carbonyl (C=O) groups excluding carboxylic acids is 1. The van der Waals surface area contributed by atoms with Crippen molar-refractivity contribution in [3.8, 4) is 5.75 Å². The molecule has 4 aromatic carbocycles. The standard InChI is InChI=1S/C33H34F2N4O3/c34-25-5-7-27(8-6-25)38-11-13-39(14-12-38)28-22-24(21-26(35)23-28)33(40)36-31-9-10-32(30-4-2-1-3-29(30)31)42-20-17-37-15-18-41-19-16-37/h1-10,21-23H,11-20H2,(H,36,40). The van der Waals surface area contributed by atoms with E-state index >= 15 is 0 Å². The number of amides is 1. The van der Waals surface area contributed by atoms with Gasteiger partial charge in [0.2, 0.25) is 0 Å². The Morgan fingerprint density at radius 3 is 2.19 bits per heavy atom. The number of nitrogens with zero attached hydrogens (tertiary/aromatic N) is 3. The maximum Gasteiger partial charge on any atom is 0.255 e. The number of fused-ring (bicyclic) bond motifs is 1. The second-order valence-corrected chi connectivity index (χ2v) is 10.6. The molecule has 0 spiro atoms. The minimum Gasteiger partial charge on any atom is -0.492 e. The van der Waals surface area contributed by atoms with Gasteiger partial charge in [0.1, 0.15) is 24.0 Å². The molecule has 0 bridgehead atoms. The van der Waals surface area contributed by atoms with Crippen LogP contribution in [0.2, 0.25) is 0 Å². The van der Waals surface area contributed by atoms with Crippen molar-refractivity contribution in [2.24, 2.45) is 0 Å². The topological polar surface area (TPSA) is 57.3 Å². The zero-order chi connectivity index (χ0) is 28.9. The monoisotopic (exact) mass is 572 g/mol. The molecule has 2 saturated heterocycles. The number of carbonyl (C=O) groups is 1. The first-order valence-electron chi connectivity index (χ1n) is 14.4. The molecule has 7 nitrogen and oxygen atoms in total. The molecule has 9 heteroatoms. The Kier molecular flexibility index (Phi) is 8.48. The average molecular weight is 573 g/mol. The smallest absolute Gasteiger partial charge is 0.255 e. The van der Waals surface area contributed by atoms with Crippen LogP contribution in [-0.4, -0.2) is 76.4 Å². The van der Waals surface area contributed by atoms with Crippen molar-refractivity contribution in [1.29, 1.82) is 0 Å². The third-order valence-corrected chi connectivity index (χ3v) is 7.88. The van der Waals surface area contributed by atoms with E-state index in [0.717, 1.165) is 55.1 Å². The molecule has 2 heterocycles. The first kappa shape index (κ1) is 27.9. The molecule has 0 aromatic heterocycles. The van der Waals surface area contributed by atoms with E-state index in [0.29, 0.717) is 44.2 Å². The summed E-state index contributed by atoms with van der Waals surface area (Å²) in [7, 11) is 0. The lowest BCUT2D eigenvalue weighted by atomic mass is 10.1. The summed E-state index contributed by atoms with van der Waals surface area (Å²) in [5.41, 5.74) is 2.50. The van der Waals surface area contributed by atoms with Gasteiger partial charge in [0.05, 0.1) is 13.2 Å². The summed E-state index contributed by atoms with van der Waals surface area (Å²) < 4.78 is 39.6. The number of piperazine rings is 1. The Hall–Kier alpha value is -4.21. The summed E-state index contributed by atoms with van der Waals surface area (Å²) >= 11 is 0. The van der Waals surface area contributed by atoms with Gasteiger partial charge < -0.3 is 24.6 Å². The number of benzene rings is 4. The van der Waals surface area contributed by atoms with Gasteiger partial charge in [-0.1, -0.05) is 24.3 Å². The molecule has 0 saturated carbocycles. The molecule has 0 aliphatic carbocycles. The highest BCUT2D eigenvalue weighted by atomic mass is 19.1. The van der Waals surface area contributed by atoms with Gasteiger partial charge in [0.15, 0.2) is 0 Å². The van der Waals surface area contributed by atoms with E-state index in [1.165, 1.54) is 24.3 Å². The van der Waals surface area contributed by atoms with Gasteiger partial charge in [0, 0.05) is 79.2 Å². The largest absolute Gasteiger partial charge is 0.492 e. The van der Waals surface area contributed by atoms with Gasteiger partial charge in [-0.3, -0.25) is 9.69 Å². The van der Waals surface area contributed by atoms with Crippen LogP contribution in [-0.2, 0) is 4.74 Å². The summed E-state index contributed by atoms with van der Waals surface area (Å²) in [4.78, 5) is 19.9. The number of rotatable bonds is 8. The minimum atomic E-state index is -0.465. The second kappa shape index (κ2) is 12.8. The first-order chi connectivity index (χ1) is 20.5. The Bertz CT molecular complexity index is 1530. The van der Waals surface area contributed by atoms with Crippen LogP contribution in [0.1, 0.15) is 10.4 Å². The summed E-state index contributed by atoms with van der Waals surface area (Å²) in [6, 6.07) is 22.4. The SMILES string of the molecule is O=C(Nc1ccc(OCCN2CCOCC2)c2ccccc12)c1cc(F)cc(N2CCN(c3ccc(F)cc3)CC2)c1. The number of morpholine rings is 1. The minimum absolute atomic E-state index is 0.251. The van der Waals surface area contributed by atoms with E-state index in [2.05, 4.69) is 20.0 Å². The summed E-state index contributed by atoms with van der Waals surface area (Å²) in [6.07, 6.45) is 0. The number of hydrogen-bond acceptors (Lipinski definition) is 6. The molecule has 6 rings (SSSR count). The van der Waals surface area contributed by atoms with Crippen LogP contribution in [0.4, 0.5) is 25.8 Å². The van der Waals surface area contributed by atoms with Gasteiger partial charge >= 0.3 is 0 Å². The normalized spacial score (nSPS) is 16.0. The maximum atomic E-state index is 14.7. The maximum absolute atomic E-state index is 14.7. The Morgan fingerprint density at radius 1 is 0.762 bits per heavy atom. The van der Waals surface area contributed by atoms with Crippen LogP contribution < -0.4 is 19.9 Å². The fraction of sp³-hybridized carbons (Fsp3) is 0.303. The predicted octanol–water partition coefficient (Wildman–Crippen LogP) is 5.41. The number of halogens is 2. The molecule has 0 unspecified atom stereocenters. The van der Waals surface area contributed by atoms with E-state index < -0.39 is 5.82 Å². The van der Waals surface area contributed by atoms with Crippen LogP contribution in [0, 0.1) is 11.6 Å². The first-order valence-corrected chi connectivity index (χ1v) is 14.4. The van der Waals surface area contributed by atoms with Gasteiger partial charge in [-0.25, -0.2) is 8.78 Å². The molecule has 2 aliphatic heterocycles. The van der Waals surface area contributed by atoms with Crippen molar-refractivity contribution in [2.45, 2.75) is 0 Å². The molecule has 1 N–H and O–H groups in total. The van der Waals surface area contributed by atoms with E-state index in [4.69, 9.17) is 9.47 Å². The Labute approximate surface area is 244 Å². The fourth-order valence-corrected chi connectivity index (χ4v) is 5.57. The zero-order valence-corrected chi connectivity index (χ0v) is 23.4. The fourth-order valence-electron chi connectivity index (χ4n) is 5.57. The lowest BCUT2D eigenvalue weighted by Gasteiger charge is -2.37. The lowest BCUT2D eigenvalue weighted by Crippen LogP contribution is -2.46. The molecule has 2 aliphatic rings. The highest BCUT2D eigenvalue weighted by Crippen LogP contribution is 2.32. The van der Waals surface area contributed by atoms with Gasteiger partial charge in [-0.05, 0) is 54.6 Å². The Morgan fingerprint density at radius 2 is 1.45 bits per heavy atom. The van der Waals surface area contributed by atoms with Gasteiger partial charge in [0.25, 0.3) is 5.91 Å². The van der Waals surface area contributed by atoms with Crippen LogP contribution in [0.3, 0.4) is 0 Å².